The highest BCUT2D eigenvalue weighted by molar-refractivity contribution is 7.98. The van der Waals surface area contributed by atoms with Crippen LogP contribution in [0.5, 0.6) is 0 Å². The molecule has 1 N–H and O–H groups in total. The Bertz CT molecular complexity index is 945. The second-order valence-corrected chi connectivity index (χ2v) is 6.89. The molecule has 0 aliphatic carbocycles. The lowest BCUT2D eigenvalue weighted by atomic mass is 10.0. The quantitative estimate of drug-likeness (QED) is 0.589. The van der Waals surface area contributed by atoms with Crippen molar-refractivity contribution in [1.82, 2.24) is 14.9 Å². The van der Waals surface area contributed by atoms with Crippen molar-refractivity contribution in [3.8, 4) is 0 Å². The summed E-state index contributed by atoms with van der Waals surface area (Å²) in [7, 11) is 0. The Morgan fingerprint density at radius 2 is 2.04 bits per heavy atom. The molecule has 0 unspecified atom stereocenters. The summed E-state index contributed by atoms with van der Waals surface area (Å²) in [4.78, 5) is 22.1. The molecule has 1 aliphatic heterocycles. The molecule has 0 spiro atoms. The normalized spacial score (nSPS) is 14.7. The van der Waals surface area contributed by atoms with Crippen molar-refractivity contribution < 1.29 is 0 Å². The highest BCUT2D eigenvalue weighted by Gasteiger charge is 2.21. The van der Waals surface area contributed by atoms with Crippen LogP contribution in [-0.2, 0) is 19.5 Å². The van der Waals surface area contributed by atoms with E-state index in [4.69, 9.17) is 0 Å². The molecule has 0 fully saturated rings. The largest absolute Gasteiger partial charge is 0.301 e. The van der Waals surface area contributed by atoms with Gasteiger partial charge in [0.2, 0.25) is 0 Å². The van der Waals surface area contributed by atoms with Crippen molar-refractivity contribution in [3.63, 3.8) is 0 Å². The van der Waals surface area contributed by atoms with E-state index in [2.05, 4.69) is 57.3 Å². The first-order valence-electron chi connectivity index (χ1n) is 8.09. The van der Waals surface area contributed by atoms with Crippen LogP contribution < -0.4 is 5.56 Å². The van der Waals surface area contributed by atoms with Gasteiger partial charge in [0, 0.05) is 26.1 Å². The molecule has 1 aliphatic rings. The Hall–Kier alpha value is -2.11. The summed E-state index contributed by atoms with van der Waals surface area (Å²) in [5.41, 5.74) is 3.09. The van der Waals surface area contributed by atoms with Gasteiger partial charge in [-0.05, 0) is 22.6 Å². The number of hydrogen-bond donors (Lipinski definition) is 1. The molecule has 0 bridgehead atoms. The molecule has 5 heteroatoms. The first kappa shape index (κ1) is 15.4. The Labute approximate surface area is 144 Å². The minimum atomic E-state index is 0.00645. The van der Waals surface area contributed by atoms with Crippen LogP contribution in [0.3, 0.4) is 0 Å². The summed E-state index contributed by atoms with van der Waals surface area (Å²) in [5, 5.41) is 3.26. The van der Waals surface area contributed by atoms with Crippen molar-refractivity contribution in [2.75, 3.05) is 12.8 Å². The number of hydrogen-bond acceptors (Lipinski definition) is 4. The van der Waals surface area contributed by atoms with Crippen LogP contribution in [0.15, 0.2) is 52.4 Å². The van der Waals surface area contributed by atoms with E-state index < -0.39 is 0 Å². The van der Waals surface area contributed by atoms with Crippen LogP contribution in [0, 0.1) is 0 Å². The predicted molar refractivity (Wildman–Crippen MR) is 98.4 cm³/mol. The molecule has 0 atom stereocenters. The maximum Gasteiger partial charge on any atom is 0.256 e. The highest BCUT2D eigenvalue weighted by Crippen LogP contribution is 2.23. The van der Waals surface area contributed by atoms with E-state index in [-0.39, 0.29) is 5.56 Å². The van der Waals surface area contributed by atoms with E-state index in [9.17, 15) is 4.79 Å². The third-order valence-electron chi connectivity index (χ3n) is 4.59. The van der Waals surface area contributed by atoms with Crippen molar-refractivity contribution in [2.45, 2.75) is 24.7 Å². The van der Waals surface area contributed by atoms with Gasteiger partial charge in [-0.2, -0.15) is 0 Å². The fourth-order valence-corrected chi connectivity index (χ4v) is 3.76. The van der Waals surface area contributed by atoms with Gasteiger partial charge >= 0.3 is 0 Å². The number of nitrogens with one attached hydrogen (secondary N) is 1. The SMILES string of the molecule is CSc1nc2c(c(=O)[nH]1)CN(Cc1cccc3ccccc13)CC2. The van der Waals surface area contributed by atoms with Crippen LogP contribution in [0.2, 0.25) is 0 Å². The van der Waals surface area contributed by atoms with Gasteiger partial charge in [-0.1, -0.05) is 54.2 Å². The van der Waals surface area contributed by atoms with E-state index in [1.807, 2.05) is 6.26 Å². The number of nitrogens with zero attached hydrogens (tertiary/aromatic N) is 2. The molecule has 2 heterocycles. The third-order valence-corrected chi connectivity index (χ3v) is 5.17. The van der Waals surface area contributed by atoms with E-state index in [1.54, 1.807) is 0 Å². The molecule has 0 saturated heterocycles. The number of H-pyrrole nitrogens is 1. The van der Waals surface area contributed by atoms with Gasteiger partial charge in [0.25, 0.3) is 5.56 Å². The van der Waals surface area contributed by atoms with Gasteiger partial charge in [0.05, 0.1) is 11.3 Å². The summed E-state index contributed by atoms with van der Waals surface area (Å²) in [6.45, 7) is 2.44. The Balaban J connectivity index is 1.62. The number of aromatic amines is 1. The number of rotatable bonds is 3. The molecule has 4 nitrogen and oxygen atoms in total. The number of fused-ring (bicyclic) bond motifs is 2. The fraction of sp³-hybridized carbons (Fsp3) is 0.263. The second kappa shape index (κ2) is 6.42. The lowest BCUT2D eigenvalue weighted by Crippen LogP contribution is -2.35. The molecule has 0 radical (unpaired) electrons. The Morgan fingerprint density at radius 3 is 2.92 bits per heavy atom. The van der Waals surface area contributed by atoms with E-state index in [0.29, 0.717) is 11.7 Å². The topological polar surface area (TPSA) is 49.0 Å². The van der Waals surface area contributed by atoms with Gasteiger partial charge in [0.1, 0.15) is 0 Å². The molecule has 2 aromatic carbocycles. The van der Waals surface area contributed by atoms with Gasteiger partial charge in [-0.3, -0.25) is 9.69 Å². The van der Waals surface area contributed by atoms with Crippen molar-refractivity contribution in [2.24, 2.45) is 0 Å². The Morgan fingerprint density at radius 1 is 1.21 bits per heavy atom. The minimum Gasteiger partial charge on any atom is -0.301 e. The average molecular weight is 337 g/mol. The zero-order valence-corrected chi connectivity index (χ0v) is 14.4. The van der Waals surface area contributed by atoms with Gasteiger partial charge in [-0.15, -0.1) is 0 Å². The molecule has 0 amide bonds. The molecule has 122 valence electrons. The monoisotopic (exact) mass is 337 g/mol. The minimum absolute atomic E-state index is 0.00645. The second-order valence-electron chi connectivity index (χ2n) is 6.10. The smallest absolute Gasteiger partial charge is 0.256 e. The molecule has 0 saturated carbocycles. The molecule has 24 heavy (non-hydrogen) atoms. The average Bonchev–Trinajstić information content (AvgIpc) is 2.62. The van der Waals surface area contributed by atoms with Crippen LogP contribution >= 0.6 is 11.8 Å². The van der Waals surface area contributed by atoms with E-state index in [1.165, 1.54) is 28.1 Å². The summed E-state index contributed by atoms with van der Waals surface area (Å²) < 4.78 is 0. The first-order valence-corrected chi connectivity index (χ1v) is 9.32. The predicted octanol–water partition coefficient (Wildman–Crippen LogP) is 3.20. The number of benzene rings is 2. The summed E-state index contributed by atoms with van der Waals surface area (Å²) in [6.07, 6.45) is 2.76. The van der Waals surface area contributed by atoms with Crippen LogP contribution in [0.4, 0.5) is 0 Å². The molecule has 4 rings (SSSR count). The van der Waals surface area contributed by atoms with Gasteiger partial charge < -0.3 is 4.98 Å². The van der Waals surface area contributed by atoms with Crippen LogP contribution in [0.1, 0.15) is 16.8 Å². The molecular formula is C19H19N3OS. The standard InChI is InChI=1S/C19H19N3OS/c1-24-19-20-17-9-10-22(12-16(17)18(23)21-19)11-14-7-4-6-13-5-2-3-8-15(13)14/h2-8H,9-12H2,1H3,(H,20,21,23). The first-order chi connectivity index (χ1) is 11.7. The lowest BCUT2D eigenvalue weighted by Gasteiger charge is -2.28. The highest BCUT2D eigenvalue weighted by atomic mass is 32.2. The maximum absolute atomic E-state index is 12.3. The van der Waals surface area contributed by atoms with Crippen molar-refractivity contribution in [3.05, 3.63) is 69.6 Å². The third kappa shape index (κ3) is 2.85. The zero-order chi connectivity index (χ0) is 16.5. The Kier molecular flexibility index (Phi) is 4.12. The fourth-order valence-electron chi connectivity index (χ4n) is 3.36. The number of thioether (sulfide) groups is 1. The zero-order valence-electron chi connectivity index (χ0n) is 13.6. The van der Waals surface area contributed by atoms with Crippen molar-refractivity contribution >= 4 is 22.5 Å². The van der Waals surface area contributed by atoms with E-state index in [0.717, 1.165) is 30.8 Å². The lowest BCUT2D eigenvalue weighted by molar-refractivity contribution is 0.242. The summed E-state index contributed by atoms with van der Waals surface area (Å²) in [6, 6.07) is 14.9. The number of aromatic nitrogens is 2. The maximum atomic E-state index is 12.3. The van der Waals surface area contributed by atoms with Gasteiger partial charge in [0.15, 0.2) is 5.16 Å². The summed E-state index contributed by atoms with van der Waals surface area (Å²) >= 11 is 1.48. The van der Waals surface area contributed by atoms with Crippen LogP contribution in [0.25, 0.3) is 10.8 Å². The van der Waals surface area contributed by atoms with Crippen LogP contribution in [-0.4, -0.2) is 27.7 Å². The van der Waals surface area contributed by atoms with Crippen molar-refractivity contribution in [1.29, 1.82) is 0 Å². The molecular weight excluding hydrogens is 318 g/mol. The van der Waals surface area contributed by atoms with E-state index >= 15 is 0 Å². The van der Waals surface area contributed by atoms with Gasteiger partial charge in [-0.25, -0.2) is 4.98 Å². The summed E-state index contributed by atoms with van der Waals surface area (Å²) in [5.74, 6) is 0. The molecule has 1 aromatic heterocycles. The molecule has 3 aromatic rings.